The van der Waals surface area contributed by atoms with Crippen molar-refractivity contribution in [3.8, 4) is 0 Å². The standard InChI is InChI=1S/C10H12N4O2/c1-6-5-8(10(15)16)9(13-7(6)2)14-11-3-4-12-14/h3-5,11-12H,1-2H3,(H,15,16). The van der Waals surface area contributed by atoms with Crippen LogP contribution < -0.4 is 16.0 Å². The van der Waals surface area contributed by atoms with Gasteiger partial charge in [0.2, 0.25) is 0 Å². The molecule has 0 saturated heterocycles. The summed E-state index contributed by atoms with van der Waals surface area (Å²) in [7, 11) is 0. The van der Waals surface area contributed by atoms with Gasteiger partial charge < -0.3 is 5.11 Å². The summed E-state index contributed by atoms with van der Waals surface area (Å²) in [5.74, 6) is -0.651. The smallest absolute Gasteiger partial charge is 0.339 e. The zero-order valence-electron chi connectivity index (χ0n) is 8.98. The van der Waals surface area contributed by atoms with Crippen molar-refractivity contribution in [3.63, 3.8) is 0 Å². The highest BCUT2D eigenvalue weighted by Gasteiger charge is 2.19. The number of carboxylic acid groups (broad SMARTS) is 1. The molecular formula is C10H12N4O2. The monoisotopic (exact) mass is 220 g/mol. The van der Waals surface area contributed by atoms with Gasteiger partial charge in [-0.25, -0.2) is 9.78 Å². The van der Waals surface area contributed by atoms with Crippen LogP contribution in [0.2, 0.25) is 0 Å². The fourth-order valence-corrected chi connectivity index (χ4v) is 1.40. The Morgan fingerprint density at radius 3 is 2.56 bits per heavy atom. The molecule has 0 radical (unpaired) electrons. The van der Waals surface area contributed by atoms with Crippen LogP contribution in [0.25, 0.3) is 0 Å². The highest BCUT2D eigenvalue weighted by molar-refractivity contribution is 5.93. The molecule has 3 N–H and O–H groups in total. The van der Waals surface area contributed by atoms with Gasteiger partial charge in [0.25, 0.3) is 0 Å². The summed E-state index contributed by atoms with van der Waals surface area (Å²) in [4.78, 5) is 15.4. The minimum Gasteiger partial charge on any atom is -0.478 e. The first-order valence-electron chi connectivity index (χ1n) is 4.78. The number of aromatic nitrogens is 1. The number of hydrogen-bond donors (Lipinski definition) is 3. The van der Waals surface area contributed by atoms with Crippen LogP contribution in [0.15, 0.2) is 18.5 Å². The van der Waals surface area contributed by atoms with E-state index in [0.717, 1.165) is 11.3 Å². The van der Waals surface area contributed by atoms with Gasteiger partial charge >= 0.3 is 5.97 Å². The van der Waals surface area contributed by atoms with Crippen LogP contribution in [-0.2, 0) is 0 Å². The molecule has 2 rings (SSSR count). The van der Waals surface area contributed by atoms with Crippen molar-refractivity contribution in [2.75, 3.05) is 5.12 Å². The first-order valence-corrected chi connectivity index (χ1v) is 4.78. The Hall–Kier alpha value is -2.24. The molecule has 6 nitrogen and oxygen atoms in total. The quantitative estimate of drug-likeness (QED) is 0.681. The van der Waals surface area contributed by atoms with Crippen molar-refractivity contribution in [2.24, 2.45) is 0 Å². The van der Waals surface area contributed by atoms with Crippen LogP contribution in [0.5, 0.6) is 0 Å². The average molecular weight is 220 g/mol. The maximum Gasteiger partial charge on any atom is 0.339 e. The van der Waals surface area contributed by atoms with Gasteiger partial charge in [0.15, 0.2) is 5.82 Å². The predicted octanol–water partition coefficient (Wildman–Crippen LogP) is 0.697. The zero-order chi connectivity index (χ0) is 11.7. The number of anilines is 1. The Labute approximate surface area is 92.5 Å². The lowest BCUT2D eigenvalue weighted by Crippen LogP contribution is -2.39. The summed E-state index contributed by atoms with van der Waals surface area (Å²) >= 11 is 0. The molecule has 0 unspecified atom stereocenters. The molecule has 6 heteroatoms. The second kappa shape index (κ2) is 3.73. The molecule has 0 fully saturated rings. The summed E-state index contributed by atoms with van der Waals surface area (Å²) in [5.41, 5.74) is 7.48. The van der Waals surface area contributed by atoms with Crippen LogP contribution in [0.4, 0.5) is 5.82 Å². The molecule has 2 heterocycles. The number of nitrogens with zero attached hydrogens (tertiary/aromatic N) is 2. The lowest BCUT2D eigenvalue weighted by molar-refractivity contribution is 0.0697. The Morgan fingerprint density at radius 2 is 2.00 bits per heavy atom. The van der Waals surface area contributed by atoms with Crippen LogP contribution in [0.1, 0.15) is 21.6 Å². The lowest BCUT2D eigenvalue weighted by atomic mass is 10.1. The van der Waals surface area contributed by atoms with E-state index in [2.05, 4.69) is 15.8 Å². The highest BCUT2D eigenvalue weighted by atomic mass is 16.4. The Balaban J connectivity index is 2.49. The number of aryl methyl sites for hydroxylation is 2. The van der Waals surface area contributed by atoms with Crippen molar-refractivity contribution in [1.29, 1.82) is 0 Å². The number of carboxylic acids is 1. The molecule has 84 valence electrons. The van der Waals surface area contributed by atoms with E-state index in [-0.39, 0.29) is 5.56 Å². The summed E-state index contributed by atoms with van der Waals surface area (Å²) in [5, 5.41) is 10.6. The van der Waals surface area contributed by atoms with E-state index in [9.17, 15) is 4.79 Å². The molecule has 1 aromatic heterocycles. The van der Waals surface area contributed by atoms with Crippen molar-refractivity contribution >= 4 is 11.8 Å². The molecule has 16 heavy (non-hydrogen) atoms. The fourth-order valence-electron chi connectivity index (χ4n) is 1.40. The molecule has 0 bridgehead atoms. The van der Waals surface area contributed by atoms with Gasteiger partial charge in [-0.15, -0.1) is 0 Å². The van der Waals surface area contributed by atoms with Crippen LogP contribution in [0.3, 0.4) is 0 Å². The van der Waals surface area contributed by atoms with E-state index in [1.54, 1.807) is 18.5 Å². The van der Waals surface area contributed by atoms with Gasteiger partial charge in [0.1, 0.15) is 5.56 Å². The van der Waals surface area contributed by atoms with Gasteiger partial charge in [-0.2, -0.15) is 5.12 Å². The van der Waals surface area contributed by atoms with Crippen LogP contribution in [-0.4, -0.2) is 16.1 Å². The molecule has 1 aromatic rings. The largest absolute Gasteiger partial charge is 0.478 e. The number of pyridine rings is 1. The van der Waals surface area contributed by atoms with E-state index >= 15 is 0 Å². The average Bonchev–Trinajstić information content (AvgIpc) is 2.74. The Morgan fingerprint density at radius 1 is 1.38 bits per heavy atom. The highest BCUT2D eigenvalue weighted by Crippen LogP contribution is 2.19. The van der Waals surface area contributed by atoms with E-state index < -0.39 is 5.97 Å². The second-order valence-corrected chi connectivity index (χ2v) is 3.49. The second-order valence-electron chi connectivity index (χ2n) is 3.49. The van der Waals surface area contributed by atoms with Crippen molar-refractivity contribution < 1.29 is 9.90 Å². The summed E-state index contributed by atoms with van der Waals surface area (Å²) in [6.45, 7) is 3.68. The third-order valence-corrected chi connectivity index (χ3v) is 2.38. The summed E-state index contributed by atoms with van der Waals surface area (Å²) < 4.78 is 0. The van der Waals surface area contributed by atoms with Crippen LogP contribution in [0, 0.1) is 13.8 Å². The van der Waals surface area contributed by atoms with Gasteiger partial charge in [0.05, 0.1) is 0 Å². The van der Waals surface area contributed by atoms with Crippen molar-refractivity contribution in [2.45, 2.75) is 13.8 Å². The minimum absolute atomic E-state index is 0.159. The molecule has 0 aliphatic carbocycles. The number of rotatable bonds is 2. The molecule has 1 aliphatic heterocycles. The minimum atomic E-state index is -0.999. The first kappa shape index (κ1) is 10.3. The molecule has 0 saturated carbocycles. The third-order valence-electron chi connectivity index (χ3n) is 2.38. The maximum absolute atomic E-state index is 11.1. The molecule has 0 amide bonds. The first-order chi connectivity index (χ1) is 7.59. The number of carbonyl (C=O) groups is 1. The Bertz CT molecular complexity index is 462. The molecule has 0 spiro atoms. The Kier molecular flexibility index (Phi) is 2.40. The summed E-state index contributed by atoms with van der Waals surface area (Å²) in [6, 6.07) is 1.61. The number of hydrogen-bond acceptors (Lipinski definition) is 5. The number of aromatic carboxylic acids is 1. The van der Waals surface area contributed by atoms with E-state index in [4.69, 9.17) is 5.11 Å². The topological polar surface area (TPSA) is 77.5 Å². The zero-order valence-corrected chi connectivity index (χ0v) is 8.98. The molecule has 0 aromatic carbocycles. The number of nitrogens with one attached hydrogen (secondary N) is 2. The molecule has 1 aliphatic rings. The van der Waals surface area contributed by atoms with E-state index in [1.165, 1.54) is 5.12 Å². The normalized spacial score (nSPS) is 13.5. The third kappa shape index (κ3) is 1.65. The summed E-state index contributed by atoms with van der Waals surface area (Å²) in [6.07, 6.45) is 3.31. The van der Waals surface area contributed by atoms with E-state index in [1.807, 2.05) is 13.8 Å². The number of hydrazine groups is 2. The van der Waals surface area contributed by atoms with Gasteiger partial charge in [-0.3, -0.25) is 10.9 Å². The fraction of sp³-hybridized carbons (Fsp3) is 0.200. The van der Waals surface area contributed by atoms with Crippen LogP contribution >= 0.6 is 0 Å². The van der Waals surface area contributed by atoms with Gasteiger partial charge in [-0.05, 0) is 25.5 Å². The molecular weight excluding hydrogens is 208 g/mol. The van der Waals surface area contributed by atoms with Gasteiger partial charge in [0, 0.05) is 18.1 Å². The maximum atomic E-state index is 11.1. The molecule has 0 atom stereocenters. The van der Waals surface area contributed by atoms with Crippen molar-refractivity contribution in [3.05, 3.63) is 35.3 Å². The van der Waals surface area contributed by atoms with E-state index in [0.29, 0.717) is 5.82 Å². The predicted molar refractivity (Wildman–Crippen MR) is 58.6 cm³/mol. The SMILES string of the molecule is Cc1cc(C(=O)O)c(N2NC=CN2)nc1C. The van der Waals surface area contributed by atoms with Crippen molar-refractivity contribution in [1.82, 2.24) is 15.8 Å². The van der Waals surface area contributed by atoms with Gasteiger partial charge in [-0.1, -0.05) is 0 Å². The lowest BCUT2D eigenvalue weighted by Gasteiger charge is -2.20.